The highest BCUT2D eigenvalue weighted by Crippen LogP contribution is 2.30. The molecule has 0 bridgehead atoms. The second-order valence-corrected chi connectivity index (χ2v) is 10.3. The summed E-state index contributed by atoms with van der Waals surface area (Å²) in [5.74, 6) is 0.00391. The van der Waals surface area contributed by atoms with Crippen LogP contribution in [0.3, 0.4) is 0 Å². The summed E-state index contributed by atoms with van der Waals surface area (Å²) >= 11 is 0. The molecule has 11 heteroatoms. The van der Waals surface area contributed by atoms with E-state index in [1.807, 2.05) is 11.0 Å². The van der Waals surface area contributed by atoms with E-state index in [4.69, 9.17) is 0 Å². The lowest BCUT2D eigenvalue weighted by molar-refractivity contribution is 0.0460. The molecule has 0 aliphatic carbocycles. The first kappa shape index (κ1) is 20.0. The van der Waals surface area contributed by atoms with Crippen LogP contribution in [0.15, 0.2) is 29.6 Å². The fourth-order valence-corrected chi connectivity index (χ4v) is 5.04. The molecule has 31 heavy (non-hydrogen) atoms. The van der Waals surface area contributed by atoms with Gasteiger partial charge in [-0.25, -0.2) is 18.4 Å². The van der Waals surface area contributed by atoms with Crippen LogP contribution in [0.25, 0.3) is 11.0 Å². The van der Waals surface area contributed by atoms with E-state index in [9.17, 15) is 13.2 Å². The second-order valence-electron chi connectivity index (χ2n) is 8.37. The highest BCUT2D eigenvalue weighted by molar-refractivity contribution is 7.90. The van der Waals surface area contributed by atoms with Crippen molar-refractivity contribution in [3.63, 3.8) is 0 Å². The fraction of sp³-hybridized carbons (Fsp3) is 0.450. The summed E-state index contributed by atoms with van der Waals surface area (Å²) in [5, 5.41) is 10.4. The molecule has 0 saturated carbocycles. The molecule has 1 fully saturated rings. The number of nitrogens with zero attached hydrogens (tertiary/aromatic N) is 6. The van der Waals surface area contributed by atoms with Gasteiger partial charge in [-0.1, -0.05) is 5.21 Å². The molecule has 0 radical (unpaired) electrons. The molecule has 4 heterocycles. The van der Waals surface area contributed by atoms with Gasteiger partial charge in [0.25, 0.3) is 5.91 Å². The molecule has 3 aromatic rings. The van der Waals surface area contributed by atoms with Crippen LogP contribution in [-0.2, 0) is 22.9 Å². The number of carbonyl (C=O) groups is 1. The minimum atomic E-state index is -3.42. The molecule has 5 rings (SSSR count). The topological polar surface area (TPSA) is 125 Å². The first-order valence-corrected chi connectivity index (χ1v) is 12.1. The van der Waals surface area contributed by atoms with Gasteiger partial charge in [0.1, 0.15) is 5.52 Å². The van der Waals surface area contributed by atoms with Crippen molar-refractivity contribution in [1.82, 2.24) is 35.2 Å². The summed E-state index contributed by atoms with van der Waals surface area (Å²) < 4.78 is 23.5. The van der Waals surface area contributed by atoms with Crippen LogP contribution in [0.1, 0.15) is 41.4 Å². The molecular weight excluding hydrogens is 418 g/mol. The van der Waals surface area contributed by atoms with Crippen molar-refractivity contribution in [3.8, 4) is 0 Å². The smallest absolute Gasteiger partial charge is 0.254 e. The molecule has 1 N–H and O–H groups in total. The maximum absolute atomic E-state index is 13.1. The highest BCUT2D eigenvalue weighted by atomic mass is 32.2. The molecule has 2 aliphatic heterocycles. The Labute approximate surface area is 179 Å². The third-order valence-electron chi connectivity index (χ3n) is 6.19. The molecule has 1 aromatic carbocycles. The number of nitrogens with one attached hydrogen (secondary N) is 1. The van der Waals surface area contributed by atoms with Crippen molar-refractivity contribution in [2.24, 2.45) is 0 Å². The number of benzene rings is 1. The van der Waals surface area contributed by atoms with Gasteiger partial charge in [0.05, 0.1) is 11.2 Å². The van der Waals surface area contributed by atoms with E-state index in [2.05, 4.69) is 37.2 Å². The van der Waals surface area contributed by atoms with Gasteiger partial charge >= 0.3 is 0 Å². The van der Waals surface area contributed by atoms with E-state index >= 15 is 0 Å². The number of hydrogen-bond acceptors (Lipinski definition) is 8. The lowest BCUT2D eigenvalue weighted by Gasteiger charge is -2.41. The number of amides is 1. The predicted molar refractivity (Wildman–Crippen MR) is 112 cm³/mol. The molecule has 1 amide bonds. The van der Waals surface area contributed by atoms with Gasteiger partial charge in [-0.05, 0) is 38.0 Å². The number of aromatic amines is 1. The van der Waals surface area contributed by atoms with Gasteiger partial charge in [0.2, 0.25) is 15.0 Å². The predicted octanol–water partition coefficient (Wildman–Crippen LogP) is 1.16. The number of carbonyl (C=O) groups excluding carboxylic acids is 1. The van der Waals surface area contributed by atoms with Crippen molar-refractivity contribution in [3.05, 3.63) is 41.2 Å². The molecular formula is C20H23N7O3S. The zero-order valence-corrected chi connectivity index (χ0v) is 18.1. The Morgan fingerprint density at radius 2 is 2.10 bits per heavy atom. The maximum Gasteiger partial charge on any atom is 0.254 e. The monoisotopic (exact) mass is 441 g/mol. The number of fused-ring (bicyclic) bond motifs is 2. The Balaban J connectivity index is 1.27. The molecule has 0 unspecified atom stereocenters. The largest absolute Gasteiger partial charge is 0.336 e. The third-order valence-corrected chi connectivity index (χ3v) is 7.05. The summed E-state index contributed by atoms with van der Waals surface area (Å²) in [6.07, 6.45) is 4.44. The summed E-state index contributed by atoms with van der Waals surface area (Å²) in [6.45, 7) is 4.04. The van der Waals surface area contributed by atoms with Gasteiger partial charge in [0.15, 0.2) is 0 Å². The fourth-order valence-electron chi connectivity index (χ4n) is 4.52. The highest BCUT2D eigenvalue weighted by Gasteiger charge is 2.35. The van der Waals surface area contributed by atoms with Gasteiger partial charge < -0.3 is 4.90 Å². The quantitative estimate of drug-likeness (QED) is 0.600. The minimum Gasteiger partial charge on any atom is -0.336 e. The van der Waals surface area contributed by atoms with E-state index in [-0.39, 0.29) is 17.1 Å². The molecule has 162 valence electrons. The van der Waals surface area contributed by atoms with Gasteiger partial charge in [-0.2, -0.15) is 0 Å². The Bertz CT molecular complexity index is 1270. The van der Waals surface area contributed by atoms with Crippen molar-refractivity contribution in [2.75, 3.05) is 12.8 Å². The van der Waals surface area contributed by atoms with Gasteiger partial charge in [-0.3, -0.25) is 14.8 Å². The number of piperidine rings is 1. The van der Waals surface area contributed by atoms with Gasteiger partial charge in [0, 0.05) is 55.3 Å². The average Bonchev–Trinajstić information content (AvgIpc) is 3.38. The van der Waals surface area contributed by atoms with Crippen LogP contribution >= 0.6 is 0 Å². The maximum atomic E-state index is 13.1. The molecule has 1 saturated heterocycles. The lowest BCUT2D eigenvalue weighted by atomic mass is 9.96. The number of H-pyrrole nitrogens is 1. The van der Waals surface area contributed by atoms with Crippen LogP contribution in [0.5, 0.6) is 0 Å². The normalized spacial score (nSPS) is 22.1. The number of likely N-dealkylation sites (tertiary alicyclic amines) is 1. The van der Waals surface area contributed by atoms with Crippen molar-refractivity contribution < 1.29 is 13.2 Å². The van der Waals surface area contributed by atoms with Crippen LogP contribution in [0, 0.1) is 0 Å². The SMILES string of the molecule is C[C@@H]1C[C@H](N2Cc3cnc(S(C)(=O)=O)nc3C2)CCN1C(=O)c1ccc2[nH]nnc2c1. The Morgan fingerprint density at radius 1 is 1.26 bits per heavy atom. The Kier molecular flexibility index (Phi) is 4.74. The van der Waals surface area contributed by atoms with Crippen molar-refractivity contribution in [2.45, 2.75) is 50.1 Å². The molecule has 2 aromatic heterocycles. The standard InChI is InChI=1S/C20H23N7O3S/c1-12-7-15(26-10-14-9-21-20(31(2,29)30)22-18(14)11-26)5-6-27(12)19(28)13-3-4-16-17(8-13)24-25-23-16/h3-4,8-9,12,15H,5-7,10-11H2,1-2H3,(H,23,24,25)/t12-,15-/m1/s1. The first-order valence-electron chi connectivity index (χ1n) is 10.2. The Hall–Kier alpha value is -2.92. The van der Waals surface area contributed by atoms with Crippen LogP contribution < -0.4 is 0 Å². The van der Waals surface area contributed by atoms with E-state index in [1.165, 1.54) is 0 Å². The summed E-state index contributed by atoms with van der Waals surface area (Å²) in [5.41, 5.74) is 3.85. The van der Waals surface area contributed by atoms with E-state index in [0.717, 1.165) is 35.9 Å². The van der Waals surface area contributed by atoms with Crippen LogP contribution in [0.4, 0.5) is 0 Å². The minimum absolute atomic E-state index is 0.00391. The number of aromatic nitrogens is 5. The molecule has 10 nitrogen and oxygen atoms in total. The molecule has 2 aliphatic rings. The summed E-state index contributed by atoms with van der Waals surface area (Å²) in [4.78, 5) is 25.6. The van der Waals surface area contributed by atoms with Crippen LogP contribution in [-0.4, -0.2) is 74.4 Å². The first-order chi connectivity index (χ1) is 14.8. The zero-order chi connectivity index (χ0) is 21.8. The summed E-state index contributed by atoms with van der Waals surface area (Å²) in [6, 6.07) is 5.79. The van der Waals surface area contributed by atoms with E-state index < -0.39 is 9.84 Å². The van der Waals surface area contributed by atoms with Crippen molar-refractivity contribution in [1.29, 1.82) is 0 Å². The number of sulfone groups is 1. The number of rotatable bonds is 3. The van der Waals surface area contributed by atoms with E-state index in [1.54, 1.807) is 18.3 Å². The third kappa shape index (κ3) is 3.68. The summed E-state index contributed by atoms with van der Waals surface area (Å²) in [7, 11) is -3.42. The second kappa shape index (κ2) is 7.34. The van der Waals surface area contributed by atoms with Crippen molar-refractivity contribution >= 4 is 26.8 Å². The molecule has 0 spiro atoms. The Morgan fingerprint density at radius 3 is 2.87 bits per heavy atom. The van der Waals surface area contributed by atoms with Gasteiger partial charge in [-0.15, -0.1) is 5.10 Å². The molecule has 2 atom stereocenters. The van der Waals surface area contributed by atoms with Crippen LogP contribution in [0.2, 0.25) is 0 Å². The average molecular weight is 442 g/mol. The number of hydrogen-bond donors (Lipinski definition) is 1. The lowest BCUT2D eigenvalue weighted by Crippen LogP contribution is -2.50. The van der Waals surface area contributed by atoms with E-state index in [0.29, 0.717) is 36.8 Å². The zero-order valence-electron chi connectivity index (χ0n) is 17.3.